The van der Waals surface area contributed by atoms with Gasteiger partial charge in [0.25, 0.3) is 11.6 Å². The monoisotopic (exact) mass is 395 g/mol. The fourth-order valence-corrected chi connectivity index (χ4v) is 4.14. The topological polar surface area (TPSA) is 110 Å². The minimum atomic E-state index is -0.470. The van der Waals surface area contributed by atoms with E-state index in [0.717, 1.165) is 10.1 Å². The molecule has 9 nitrogen and oxygen atoms in total. The zero-order valence-corrected chi connectivity index (χ0v) is 15.6. The lowest BCUT2D eigenvalue weighted by molar-refractivity contribution is -0.384. The molecule has 0 unspecified atom stereocenters. The highest BCUT2D eigenvalue weighted by atomic mass is 32.2. The zero-order chi connectivity index (χ0) is 18.5. The molecule has 1 aromatic heterocycles. The molecule has 138 valence electrons. The summed E-state index contributed by atoms with van der Waals surface area (Å²) in [5.41, 5.74) is 0.597. The van der Waals surface area contributed by atoms with E-state index in [-0.39, 0.29) is 11.3 Å². The summed E-state index contributed by atoms with van der Waals surface area (Å²) in [6.07, 6.45) is 0. The number of anilines is 2. The van der Waals surface area contributed by atoms with Gasteiger partial charge in [0.1, 0.15) is 5.69 Å². The van der Waals surface area contributed by atoms with Gasteiger partial charge in [-0.3, -0.25) is 20.2 Å². The van der Waals surface area contributed by atoms with Crippen molar-refractivity contribution in [2.45, 2.75) is 11.3 Å². The number of morpholine rings is 1. The molecule has 0 spiro atoms. The van der Waals surface area contributed by atoms with Crippen molar-refractivity contribution in [2.75, 3.05) is 42.3 Å². The number of nitro groups is 1. The van der Waals surface area contributed by atoms with Crippen LogP contribution in [0.3, 0.4) is 0 Å². The predicted molar refractivity (Wildman–Crippen MR) is 100 cm³/mol. The van der Waals surface area contributed by atoms with E-state index < -0.39 is 10.8 Å². The Labute approximate surface area is 157 Å². The van der Waals surface area contributed by atoms with E-state index in [1.807, 2.05) is 11.8 Å². The molecule has 1 aromatic carbocycles. The molecular formula is C15H17N5O4S2. The molecule has 0 atom stereocenters. The average Bonchev–Trinajstić information content (AvgIpc) is 3.09. The third kappa shape index (κ3) is 4.29. The van der Waals surface area contributed by atoms with Crippen molar-refractivity contribution in [3.63, 3.8) is 0 Å². The Bertz CT molecular complexity index is 807. The molecule has 1 saturated heterocycles. The second kappa shape index (κ2) is 8.43. The van der Waals surface area contributed by atoms with Crippen LogP contribution < -0.4 is 10.2 Å². The highest BCUT2D eigenvalue weighted by molar-refractivity contribution is 8.01. The van der Waals surface area contributed by atoms with Crippen LogP contribution in [0.4, 0.5) is 16.5 Å². The smallest absolute Gasteiger partial charge is 0.293 e. The van der Waals surface area contributed by atoms with Gasteiger partial charge in [0.05, 0.1) is 18.1 Å². The van der Waals surface area contributed by atoms with Gasteiger partial charge in [-0.25, -0.2) is 0 Å². The Kier molecular flexibility index (Phi) is 6.01. The quantitative estimate of drug-likeness (QED) is 0.344. The van der Waals surface area contributed by atoms with Crippen molar-refractivity contribution in [1.29, 1.82) is 0 Å². The zero-order valence-electron chi connectivity index (χ0n) is 14.0. The van der Waals surface area contributed by atoms with Crippen LogP contribution in [0.25, 0.3) is 0 Å². The number of benzene rings is 1. The lowest BCUT2D eigenvalue weighted by atomic mass is 10.1. The first kappa shape index (κ1) is 18.5. The van der Waals surface area contributed by atoms with Crippen LogP contribution in [0.1, 0.15) is 17.3 Å². The molecule has 11 heteroatoms. The van der Waals surface area contributed by atoms with Crippen molar-refractivity contribution in [3.05, 3.63) is 33.9 Å². The average molecular weight is 395 g/mol. The Balaban J connectivity index is 1.79. The minimum absolute atomic E-state index is 0.0981. The van der Waals surface area contributed by atoms with Gasteiger partial charge in [-0.2, -0.15) is 0 Å². The molecular weight excluding hydrogens is 378 g/mol. The molecule has 1 aliphatic heterocycles. The molecule has 0 aliphatic carbocycles. The number of carbonyl (C=O) groups is 1. The summed E-state index contributed by atoms with van der Waals surface area (Å²) in [4.78, 5) is 25.3. The van der Waals surface area contributed by atoms with E-state index in [9.17, 15) is 14.9 Å². The van der Waals surface area contributed by atoms with E-state index >= 15 is 0 Å². The second-order valence-electron chi connectivity index (χ2n) is 5.32. The summed E-state index contributed by atoms with van der Waals surface area (Å²) in [5.74, 6) is 0.406. The van der Waals surface area contributed by atoms with Gasteiger partial charge in [-0.1, -0.05) is 30.0 Å². The summed E-state index contributed by atoms with van der Waals surface area (Å²) >= 11 is 2.80. The number of nitro benzene ring substituents is 1. The number of hydrogen-bond donors (Lipinski definition) is 1. The maximum Gasteiger partial charge on any atom is 0.293 e. The first-order chi connectivity index (χ1) is 12.6. The van der Waals surface area contributed by atoms with Crippen molar-refractivity contribution in [3.8, 4) is 0 Å². The van der Waals surface area contributed by atoms with Gasteiger partial charge < -0.3 is 9.64 Å². The lowest BCUT2D eigenvalue weighted by Crippen LogP contribution is -2.36. The normalized spacial score (nSPS) is 14.3. The number of hydrogen-bond acceptors (Lipinski definition) is 9. The van der Waals surface area contributed by atoms with Gasteiger partial charge in [0, 0.05) is 24.7 Å². The third-order valence-corrected chi connectivity index (χ3v) is 5.53. The Morgan fingerprint density at radius 2 is 2.19 bits per heavy atom. The molecule has 1 fully saturated rings. The number of nitrogens with one attached hydrogen (secondary N) is 1. The molecule has 0 bridgehead atoms. The Hall–Kier alpha value is -2.24. The van der Waals surface area contributed by atoms with Crippen LogP contribution in [0.5, 0.6) is 0 Å². The van der Waals surface area contributed by atoms with Gasteiger partial charge in [-0.05, 0) is 17.9 Å². The highest BCUT2D eigenvalue weighted by Crippen LogP contribution is 2.31. The molecule has 1 aliphatic rings. The maximum atomic E-state index is 12.4. The number of ether oxygens (including phenoxy) is 1. The number of rotatable bonds is 6. The molecule has 0 radical (unpaired) electrons. The molecule has 1 amide bonds. The van der Waals surface area contributed by atoms with E-state index in [1.54, 1.807) is 12.1 Å². The van der Waals surface area contributed by atoms with E-state index in [4.69, 9.17) is 4.74 Å². The Morgan fingerprint density at radius 1 is 1.42 bits per heavy atom. The number of aromatic nitrogens is 2. The van der Waals surface area contributed by atoms with Crippen LogP contribution in [-0.4, -0.2) is 53.1 Å². The fraction of sp³-hybridized carbons (Fsp3) is 0.400. The second-order valence-corrected chi connectivity index (χ2v) is 7.81. The van der Waals surface area contributed by atoms with Crippen molar-refractivity contribution < 1.29 is 14.5 Å². The number of amides is 1. The summed E-state index contributed by atoms with van der Waals surface area (Å²) in [5, 5.41) is 22.3. The van der Waals surface area contributed by atoms with Crippen molar-refractivity contribution in [2.24, 2.45) is 0 Å². The standard InChI is InChI=1S/C15H17N5O4S2/c1-2-25-15-18-17-14(26-15)16-13(21)10-3-4-11(12(9-10)20(22)23)19-5-7-24-8-6-19/h3-4,9H,2,5-8H2,1H3,(H,16,17,21). The summed E-state index contributed by atoms with van der Waals surface area (Å²) < 4.78 is 6.04. The summed E-state index contributed by atoms with van der Waals surface area (Å²) in [6.45, 7) is 4.20. The van der Waals surface area contributed by atoms with Gasteiger partial charge in [-0.15, -0.1) is 10.2 Å². The maximum absolute atomic E-state index is 12.4. The van der Waals surface area contributed by atoms with E-state index in [0.29, 0.717) is 37.1 Å². The number of thioether (sulfide) groups is 1. The molecule has 3 rings (SSSR count). The van der Waals surface area contributed by atoms with Crippen LogP contribution in [-0.2, 0) is 4.74 Å². The van der Waals surface area contributed by atoms with Crippen molar-refractivity contribution >= 4 is 45.5 Å². The SMILES string of the molecule is CCSc1nnc(NC(=O)c2ccc(N3CCOCC3)c([N+](=O)[O-])c2)s1. The number of carbonyl (C=O) groups excluding carboxylic acids is 1. The predicted octanol–water partition coefficient (Wildman–Crippen LogP) is 2.65. The fourth-order valence-electron chi connectivity index (χ4n) is 2.49. The third-order valence-electron chi connectivity index (χ3n) is 3.68. The minimum Gasteiger partial charge on any atom is -0.378 e. The first-order valence-electron chi connectivity index (χ1n) is 7.97. The van der Waals surface area contributed by atoms with Crippen LogP contribution in [0, 0.1) is 10.1 Å². The highest BCUT2D eigenvalue weighted by Gasteiger charge is 2.23. The molecule has 1 N–H and O–H groups in total. The number of nitrogens with zero attached hydrogens (tertiary/aromatic N) is 4. The van der Waals surface area contributed by atoms with Crippen LogP contribution in [0.2, 0.25) is 0 Å². The largest absolute Gasteiger partial charge is 0.378 e. The first-order valence-corrected chi connectivity index (χ1v) is 9.77. The van der Waals surface area contributed by atoms with E-state index in [1.165, 1.54) is 29.2 Å². The van der Waals surface area contributed by atoms with Gasteiger partial charge in [0.2, 0.25) is 5.13 Å². The van der Waals surface area contributed by atoms with Crippen LogP contribution in [0.15, 0.2) is 22.5 Å². The molecule has 0 saturated carbocycles. The van der Waals surface area contributed by atoms with Crippen molar-refractivity contribution in [1.82, 2.24) is 10.2 Å². The van der Waals surface area contributed by atoms with Gasteiger partial charge >= 0.3 is 0 Å². The molecule has 2 heterocycles. The Morgan fingerprint density at radius 3 is 2.88 bits per heavy atom. The van der Waals surface area contributed by atoms with Crippen LogP contribution >= 0.6 is 23.1 Å². The molecule has 2 aromatic rings. The van der Waals surface area contributed by atoms with E-state index in [2.05, 4.69) is 15.5 Å². The summed E-state index contributed by atoms with van der Waals surface area (Å²) in [6, 6.07) is 4.48. The molecule has 26 heavy (non-hydrogen) atoms. The lowest BCUT2D eigenvalue weighted by Gasteiger charge is -2.28. The van der Waals surface area contributed by atoms with Gasteiger partial charge in [0.15, 0.2) is 4.34 Å². The summed E-state index contributed by atoms with van der Waals surface area (Å²) in [7, 11) is 0.